The van der Waals surface area contributed by atoms with Gasteiger partial charge in [-0.3, -0.25) is 9.59 Å². The molecule has 1 aliphatic rings. The van der Waals surface area contributed by atoms with E-state index < -0.39 is 6.04 Å². The van der Waals surface area contributed by atoms with E-state index in [9.17, 15) is 9.59 Å². The van der Waals surface area contributed by atoms with Gasteiger partial charge in [0.25, 0.3) is 5.91 Å². The summed E-state index contributed by atoms with van der Waals surface area (Å²) in [6.07, 6.45) is 0. The lowest BCUT2D eigenvalue weighted by molar-refractivity contribution is -0.133. The Labute approximate surface area is 126 Å². The van der Waals surface area contributed by atoms with Crippen molar-refractivity contribution < 1.29 is 9.59 Å². The number of benzene rings is 1. The minimum absolute atomic E-state index is 0.00500. The lowest BCUT2D eigenvalue weighted by Crippen LogP contribution is -2.53. The second kappa shape index (κ2) is 6.37. The molecule has 5 nitrogen and oxygen atoms in total. The first-order chi connectivity index (χ1) is 9.49. The molecule has 1 heterocycles. The van der Waals surface area contributed by atoms with Crippen LogP contribution in [-0.4, -0.2) is 53.8 Å². The first kappa shape index (κ1) is 15.0. The van der Waals surface area contributed by atoms with E-state index in [2.05, 4.69) is 15.9 Å². The van der Waals surface area contributed by atoms with Crippen LogP contribution < -0.4 is 5.73 Å². The van der Waals surface area contributed by atoms with Crippen molar-refractivity contribution in [1.29, 1.82) is 0 Å². The summed E-state index contributed by atoms with van der Waals surface area (Å²) >= 11 is 3.35. The van der Waals surface area contributed by atoms with Crippen molar-refractivity contribution in [3.8, 4) is 0 Å². The van der Waals surface area contributed by atoms with Crippen molar-refractivity contribution in [2.24, 2.45) is 5.73 Å². The number of nitrogens with two attached hydrogens (primary N) is 1. The van der Waals surface area contributed by atoms with Crippen molar-refractivity contribution in [3.63, 3.8) is 0 Å². The molecule has 1 saturated heterocycles. The Morgan fingerprint density at radius 3 is 2.10 bits per heavy atom. The molecule has 0 bridgehead atoms. The van der Waals surface area contributed by atoms with Crippen LogP contribution in [0.5, 0.6) is 0 Å². The van der Waals surface area contributed by atoms with Gasteiger partial charge >= 0.3 is 0 Å². The van der Waals surface area contributed by atoms with Gasteiger partial charge < -0.3 is 15.5 Å². The Bertz CT molecular complexity index is 494. The fourth-order valence-electron chi connectivity index (χ4n) is 2.19. The van der Waals surface area contributed by atoms with Crippen LogP contribution in [0.3, 0.4) is 0 Å². The molecule has 2 rings (SSSR count). The lowest BCUT2D eigenvalue weighted by atomic mass is 10.1. The summed E-state index contributed by atoms with van der Waals surface area (Å²) in [4.78, 5) is 27.6. The average Bonchev–Trinajstić information content (AvgIpc) is 2.46. The number of rotatable bonds is 2. The van der Waals surface area contributed by atoms with Gasteiger partial charge in [0.05, 0.1) is 6.04 Å². The predicted octanol–water partition coefficient (Wildman–Crippen LogP) is 1.08. The average molecular weight is 340 g/mol. The molecular formula is C14H18BrN3O2. The maximum Gasteiger partial charge on any atom is 0.253 e. The number of piperazine rings is 1. The molecule has 0 radical (unpaired) electrons. The summed E-state index contributed by atoms with van der Waals surface area (Å²) in [5.41, 5.74) is 6.26. The number of carbonyl (C=O) groups is 2. The van der Waals surface area contributed by atoms with Crippen molar-refractivity contribution in [2.75, 3.05) is 26.2 Å². The topological polar surface area (TPSA) is 66.6 Å². The second-order valence-electron chi connectivity index (χ2n) is 4.91. The quantitative estimate of drug-likeness (QED) is 0.876. The Hall–Kier alpha value is -1.40. The highest BCUT2D eigenvalue weighted by Crippen LogP contribution is 2.13. The molecule has 108 valence electrons. The number of halogens is 1. The highest BCUT2D eigenvalue weighted by molar-refractivity contribution is 9.10. The fraction of sp³-hybridized carbons (Fsp3) is 0.429. The molecular weight excluding hydrogens is 322 g/mol. The molecule has 1 aromatic rings. The van der Waals surface area contributed by atoms with E-state index in [0.717, 1.165) is 4.47 Å². The minimum atomic E-state index is -0.483. The van der Waals surface area contributed by atoms with Crippen LogP contribution in [0.4, 0.5) is 0 Å². The molecule has 0 unspecified atom stereocenters. The van der Waals surface area contributed by atoms with E-state index in [-0.39, 0.29) is 11.8 Å². The third kappa shape index (κ3) is 3.37. The molecule has 0 spiro atoms. The zero-order valence-electron chi connectivity index (χ0n) is 11.4. The predicted molar refractivity (Wildman–Crippen MR) is 80.3 cm³/mol. The van der Waals surface area contributed by atoms with Gasteiger partial charge in [0, 0.05) is 36.2 Å². The van der Waals surface area contributed by atoms with Gasteiger partial charge in [-0.05, 0) is 31.2 Å². The van der Waals surface area contributed by atoms with E-state index in [1.807, 2.05) is 12.1 Å². The van der Waals surface area contributed by atoms with Gasteiger partial charge in [0.15, 0.2) is 0 Å². The molecule has 2 N–H and O–H groups in total. The van der Waals surface area contributed by atoms with Gasteiger partial charge in [-0.15, -0.1) is 0 Å². The van der Waals surface area contributed by atoms with E-state index in [1.165, 1.54) is 0 Å². The minimum Gasteiger partial charge on any atom is -0.338 e. The van der Waals surface area contributed by atoms with Crippen molar-refractivity contribution in [1.82, 2.24) is 9.80 Å². The first-order valence-electron chi connectivity index (χ1n) is 6.58. The van der Waals surface area contributed by atoms with Gasteiger partial charge in [-0.2, -0.15) is 0 Å². The molecule has 0 saturated carbocycles. The third-order valence-electron chi connectivity index (χ3n) is 3.36. The van der Waals surface area contributed by atoms with E-state index in [1.54, 1.807) is 28.9 Å². The summed E-state index contributed by atoms with van der Waals surface area (Å²) in [5, 5.41) is 0. The standard InChI is InChI=1S/C14H18BrN3O2/c1-10(16)13(19)17-6-8-18(9-7-17)14(20)11-2-4-12(15)5-3-11/h2-5,10H,6-9,16H2,1H3/t10-/m1/s1. The molecule has 20 heavy (non-hydrogen) atoms. The van der Waals surface area contributed by atoms with Crippen LogP contribution in [0.25, 0.3) is 0 Å². The van der Waals surface area contributed by atoms with Crippen LogP contribution >= 0.6 is 15.9 Å². The van der Waals surface area contributed by atoms with Crippen LogP contribution in [0.1, 0.15) is 17.3 Å². The van der Waals surface area contributed by atoms with Gasteiger partial charge in [0.1, 0.15) is 0 Å². The zero-order valence-corrected chi connectivity index (χ0v) is 13.0. The molecule has 2 amide bonds. The third-order valence-corrected chi connectivity index (χ3v) is 3.89. The number of nitrogens with zero attached hydrogens (tertiary/aromatic N) is 2. The summed E-state index contributed by atoms with van der Waals surface area (Å²) in [6, 6.07) is 6.81. The summed E-state index contributed by atoms with van der Waals surface area (Å²) in [6.45, 7) is 3.87. The SMILES string of the molecule is C[C@@H](N)C(=O)N1CCN(C(=O)c2ccc(Br)cc2)CC1. The van der Waals surface area contributed by atoms with Crippen LogP contribution in [-0.2, 0) is 4.79 Å². The van der Waals surface area contributed by atoms with Gasteiger partial charge in [0.2, 0.25) is 5.91 Å². The van der Waals surface area contributed by atoms with Crippen molar-refractivity contribution >= 4 is 27.7 Å². The normalized spacial score (nSPS) is 16.9. The monoisotopic (exact) mass is 339 g/mol. The van der Waals surface area contributed by atoms with Crippen molar-refractivity contribution in [2.45, 2.75) is 13.0 Å². The lowest BCUT2D eigenvalue weighted by Gasteiger charge is -2.35. The highest BCUT2D eigenvalue weighted by atomic mass is 79.9. The zero-order chi connectivity index (χ0) is 14.7. The Kier molecular flexibility index (Phi) is 4.77. The summed E-state index contributed by atoms with van der Waals surface area (Å²) in [5.74, 6) is -0.0499. The Morgan fingerprint density at radius 2 is 1.60 bits per heavy atom. The number of hydrogen-bond acceptors (Lipinski definition) is 3. The Morgan fingerprint density at radius 1 is 1.10 bits per heavy atom. The smallest absolute Gasteiger partial charge is 0.253 e. The molecule has 1 fully saturated rings. The highest BCUT2D eigenvalue weighted by Gasteiger charge is 2.25. The molecule has 0 aromatic heterocycles. The number of carbonyl (C=O) groups excluding carboxylic acids is 2. The maximum atomic E-state index is 12.3. The van der Waals surface area contributed by atoms with Crippen LogP contribution in [0.15, 0.2) is 28.7 Å². The van der Waals surface area contributed by atoms with E-state index in [4.69, 9.17) is 5.73 Å². The van der Waals surface area contributed by atoms with Crippen LogP contribution in [0, 0.1) is 0 Å². The van der Waals surface area contributed by atoms with Crippen molar-refractivity contribution in [3.05, 3.63) is 34.3 Å². The summed E-state index contributed by atoms with van der Waals surface area (Å²) < 4.78 is 0.946. The second-order valence-corrected chi connectivity index (χ2v) is 5.83. The maximum absolute atomic E-state index is 12.3. The molecule has 0 aliphatic carbocycles. The van der Waals surface area contributed by atoms with E-state index >= 15 is 0 Å². The number of hydrogen-bond donors (Lipinski definition) is 1. The first-order valence-corrected chi connectivity index (χ1v) is 7.37. The van der Waals surface area contributed by atoms with E-state index in [0.29, 0.717) is 31.7 Å². The molecule has 1 atom stereocenters. The number of amides is 2. The molecule has 1 aromatic carbocycles. The largest absolute Gasteiger partial charge is 0.338 e. The van der Waals surface area contributed by atoms with Crippen LogP contribution in [0.2, 0.25) is 0 Å². The Balaban J connectivity index is 1.95. The molecule has 6 heteroatoms. The molecule has 1 aliphatic heterocycles. The summed E-state index contributed by atoms with van der Waals surface area (Å²) in [7, 11) is 0. The fourth-order valence-corrected chi connectivity index (χ4v) is 2.46. The van der Waals surface area contributed by atoms with Gasteiger partial charge in [-0.1, -0.05) is 15.9 Å². The van der Waals surface area contributed by atoms with Gasteiger partial charge in [-0.25, -0.2) is 0 Å².